The first-order valence-electron chi connectivity index (χ1n) is 5.96. The summed E-state index contributed by atoms with van der Waals surface area (Å²) in [6, 6.07) is 0. The molecule has 0 aromatic rings. The third-order valence-electron chi connectivity index (χ3n) is 2.67. The van der Waals surface area contributed by atoms with Gasteiger partial charge in [0.05, 0.1) is 13.2 Å². The number of ether oxygens (including phenoxy) is 1. The predicted octanol–water partition coefficient (Wildman–Crippen LogP) is 0.557. The van der Waals surface area contributed by atoms with Crippen LogP contribution in [0.3, 0.4) is 0 Å². The minimum absolute atomic E-state index is 0.124. The van der Waals surface area contributed by atoms with Gasteiger partial charge in [-0.3, -0.25) is 9.63 Å². The number of hydroxylamine groups is 1. The molecule has 1 aliphatic heterocycles. The van der Waals surface area contributed by atoms with E-state index in [1.54, 1.807) is 7.11 Å². The topological polar surface area (TPSA) is 50.8 Å². The van der Waals surface area contributed by atoms with E-state index < -0.39 is 0 Å². The molecular formula is C11H22N2O3. The molecule has 1 amide bonds. The summed E-state index contributed by atoms with van der Waals surface area (Å²) in [5.41, 5.74) is 2.67. The second-order valence-corrected chi connectivity index (χ2v) is 3.96. The van der Waals surface area contributed by atoms with Gasteiger partial charge in [-0.2, -0.15) is 5.48 Å². The van der Waals surface area contributed by atoms with E-state index >= 15 is 0 Å². The molecule has 1 fully saturated rings. The summed E-state index contributed by atoms with van der Waals surface area (Å²) in [6.45, 7) is 3.02. The van der Waals surface area contributed by atoms with Gasteiger partial charge < -0.3 is 9.64 Å². The fourth-order valence-electron chi connectivity index (χ4n) is 1.74. The van der Waals surface area contributed by atoms with Crippen LogP contribution in [-0.2, 0) is 14.4 Å². The maximum atomic E-state index is 11.7. The van der Waals surface area contributed by atoms with Crippen molar-refractivity contribution in [2.24, 2.45) is 0 Å². The summed E-state index contributed by atoms with van der Waals surface area (Å²) >= 11 is 0. The third kappa shape index (κ3) is 5.44. The Balaban J connectivity index is 2.08. The quantitative estimate of drug-likeness (QED) is 0.535. The molecule has 0 radical (unpaired) electrons. The Hall–Kier alpha value is -0.650. The number of hydrogen-bond acceptors (Lipinski definition) is 4. The zero-order chi connectivity index (χ0) is 11.6. The zero-order valence-corrected chi connectivity index (χ0v) is 10.0. The van der Waals surface area contributed by atoms with Crippen LogP contribution in [0.2, 0.25) is 0 Å². The number of likely N-dealkylation sites (tertiary alicyclic amines) is 1. The number of nitrogens with one attached hydrogen (secondary N) is 1. The first-order valence-corrected chi connectivity index (χ1v) is 5.96. The van der Waals surface area contributed by atoms with E-state index in [1.807, 2.05) is 4.90 Å². The molecule has 0 unspecified atom stereocenters. The van der Waals surface area contributed by atoms with Gasteiger partial charge in [0.2, 0.25) is 5.91 Å². The zero-order valence-electron chi connectivity index (χ0n) is 10.0. The lowest BCUT2D eigenvalue weighted by atomic mass is 10.2. The van der Waals surface area contributed by atoms with E-state index in [9.17, 15) is 4.79 Å². The molecule has 0 bridgehead atoms. The van der Waals surface area contributed by atoms with Gasteiger partial charge in [0, 0.05) is 20.2 Å². The lowest BCUT2D eigenvalue weighted by molar-refractivity contribution is -0.133. The molecule has 0 atom stereocenters. The molecule has 1 N–H and O–H groups in total. The third-order valence-corrected chi connectivity index (χ3v) is 2.67. The van der Waals surface area contributed by atoms with E-state index in [0.717, 1.165) is 25.9 Å². The van der Waals surface area contributed by atoms with Gasteiger partial charge >= 0.3 is 0 Å². The van der Waals surface area contributed by atoms with Crippen LogP contribution in [0.5, 0.6) is 0 Å². The van der Waals surface area contributed by atoms with Crippen LogP contribution in [0, 0.1) is 0 Å². The highest BCUT2D eigenvalue weighted by molar-refractivity contribution is 5.78. The highest BCUT2D eigenvalue weighted by Gasteiger charge is 2.14. The summed E-state index contributed by atoms with van der Waals surface area (Å²) < 4.78 is 4.82. The van der Waals surface area contributed by atoms with Crippen molar-refractivity contribution in [2.45, 2.75) is 25.7 Å². The van der Waals surface area contributed by atoms with Crippen LogP contribution in [0.25, 0.3) is 0 Å². The Labute approximate surface area is 97.0 Å². The van der Waals surface area contributed by atoms with Gasteiger partial charge in [-0.1, -0.05) is 12.8 Å². The number of nitrogens with zero attached hydrogens (tertiary/aromatic N) is 1. The van der Waals surface area contributed by atoms with Crippen molar-refractivity contribution in [3.8, 4) is 0 Å². The first-order chi connectivity index (χ1) is 7.84. The van der Waals surface area contributed by atoms with Crippen molar-refractivity contribution in [3.05, 3.63) is 0 Å². The van der Waals surface area contributed by atoms with Crippen molar-refractivity contribution < 1.29 is 14.4 Å². The molecule has 0 aromatic heterocycles. The molecule has 0 aromatic carbocycles. The molecule has 5 heteroatoms. The SMILES string of the molecule is COCCONCC(=O)N1CCCCCC1. The smallest absolute Gasteiger partial charge is 0.238 e. The molecule has 1 rings (SSSR count). The van der Waals surface area contributed by atoms with Crippen LogP contribution in [0.15, 0.2) is 0 Å². The highest BCUT2D eigenvalue weighted by Crippen LogP contribution is 2.09. The monoisotopic (exact) mass is 230 g/mol. The summed E-state index contributed by atoms with van der Waals surface area (Å²) in [4.78, 5) is 18.7. The van der Waals surface area contributed by atoms with Crippen molar-refractivity contribution in [1.29, 1.82) is 0 Å². The largest absolute Gasteiger partial charge is 0.382 e. The molecule has 0 aliphatic carbocycles. The molecule has 5 nitrogen and oxygen atoms in total. The standard InChI is InChI=1S/C11H22N2O3/c1-15-8-9-16-12-10-11(14)13-6-4-2-3-5-7-13/h12H,2-10H2,1H3. The second kappa shape index (κ2) is 8.50. The molecule has 1 aliphatic rings. The van der Waals surface area contributed by atoms with Gasteiger partial charge in [-0.05, 0) is 12.8 Å². The molecule has 16 heavy (non-hydrogen) atoms. The molecule has 1 heterocycles. The Morgan fingerprint density at radius 1 is 1.19 bits per heavy atom. The Bertz CT molecular complexity index is 192. The van der Waals surface area contributed by atoms with E-state index in [0.29, 0.717) is 13.2 Å². The number of hydrogen-bond donors (Lipinski definition) is 1. The van der Waals surface area contributed by atoms with Crippen molar-refractivity contribution in [2.75, 3.05) is 40.0 Å². The van der Waals surface area contributed by atoms with Crippen molar-refractivity contribution in [3.63, 3.8) is 0 Å². The van der Waals surface area contributed by atoms with E-state index in [1.165, 1.54) is 12.8 Å². The predicted molar refractivity (Wildman–Crippen MR) is 60.9 cm³/mol. The van der Waals surface area contributed by atoms with Gasteiger partial charge in [0.1, 0.15) is 6.54 Å². The van der Waals surface area contributed by atoms with Crippen LogP contribution in [0.4, 0.5) is 0 Å². The lowest BCUT2D eigenvalue weighted by Gasteiger charge is -2.20. The van der Waals surface area contributed by atoms with Crippen LogP contribution < -0.4 is 5.48 Å². The molecule has 0 saturated carbocycles. The van der Waals surface area contributed by atoms with Crippen LogP contribution in [-0.4, -0.2) is 50.8 Å². The number of rotatable bonds is 6. The fraction of sp³-hybridized carbons (Fsp3) is 0.909. The number of carbonyl (C=O) groups excluding carboxylic acids is 1. The maximum absolute atomic E-state index is 11.7. The number of methoxy groups -OCH3 is 1. The van der Waals surface area contributed by atoms with E-state index in [2.05, 4.69) is 5.48 Å². The van der Waals surface area contributed by atoms with Gasteiger partial charge in [0.15, 0.2) is 0 Å². The Kier molecular flexibility index (Phi) is 7.12. The average Bonchev–Trinajstić information content (AvgIpc) is 2.57. The van der Waals surface area contributed by atoms with Crippen molar-refractivity contribution >= 4 is 5.91 Å². The molecule has 0 spiro atoms. The normalized spacial score (nSPS) is 17.2. The molecule has 94 valence electrons. The summed E-state index contributed by atoms with van der Waals surface area (Å²) in [5.74, 6) is 0.124. The number of amides is 1. The van der Waals surface area contributed by atoms with E-state index in [4.69, 9.17) is 9.57 Å². The minimum Gasteiger partial charge on any atom is -0.382 e. The molecule has 1 saturated heterocycles. The van der Waals surface area contributed by atoms with Crippen LogP contribution in [0.1, 0.15) is 25.7 Å². The second-order valence-electron chi connectivity index (χ2n) is 3.96. The highest BCUT2D eigenvalue weighted by atomic mass is 16.7. The number of carbonyl (C=O) groups is 1. The first kappa shape index (κ1) is 13.4. The summed E-state index contributed by atoms with van der Waals surface area (Å²) in [6.07, 6.45) is 4.72. The molecular weight excluding hydrogens is 208 g/mol. The average molecular weight is 230 g/mol. The Morgan fingerprint density at radius 2 is 1.88 bits per heavy atom. The maximum Gasteiger partial charge on any atom is 0.238 e. The Morgan fingerprint density at radius 3 is 2.50 bits per heavy atom. The minimum atomic E-state index is 0.124. The summed E-state index contributed by atoms with van der Waals surface area (Å²) in [7, 11) is 1.62. The van der Waals surface area contributed by atoms with Gasteiger partial charge in [0.25, 0.3) is 0 Å². The lowest BCUT2D eigenvalue weighted by Crippen LogP contribution is -2.39. The summed E-state index contributed by atoms with van der Waals surface area (Å²) in [5, 5.41) is 0. The van der Waals surface area contributed by atoms with Gasteiger partial charge in [-0.25, -0.2) is 0 Å². The van der Waals surface area contributed by atoms with Gasteiger partial charge in [-0.15, -0.1) is 0 Å². The van der Waals surface area contributed by atoms with Crippen LogP contribution >= 0.6 is 0 Å². The van der Waals surface area contributed by atoms with E-state index in [-0.39, 0.29) is 12.5 Å². The fourth-order valence-corrected chi connectivity index (χ4v) is 1.74. The van der Waals surface area contributed by atoms with Crippen molar-refractivity contribution in [1.82, 2.24) is 10.4 Å².